The van der Waals surface area contributed by atoms with Crippen LogP contribution < -0.4 is 5.32 Å². The third-order valence-corrected chi connectivity index (χ3v) is 2.21. The summed E-state index contributed by atoms with van der Waals surface area (Å²) in [6.07, 6.45) is 1.08. The van der Waals surface area contributed by atoms with Crippen LogP contribution in [0.25, 0.3) is 0 Å². The van der Waals surface area contributed by atoms with Gasteiger partial charge in [0.1, 0.15) is 0 Å². The van der Waals surface area contributed by atoms with E-state index in [1.54, 1.807) is 6.07 Å². The lowest BCUT2D eigenvalue weighted by Gasteiger charge is -2.09. The summed E-state index contributed by atoms with van der Waals surface area (Å²) in [4.78, 5) is 11.2. The lowest BCUT2D eigenvalue weighted by Crippen LogP contribution is -2.05. The second kappa shape index (κ2) is 5.39. The van der Waals surface area contributed by atoms with Crippen LogP contribution in [-0.2, 0) is 4.74 Å². The molecule has 0 saturated heterocycles. The fraction of sp³-hybridized carbons (Fsp3) is 0.417. The summed E-state index contributed by atoms with van der Waals surface area (Å²) in [5, 5.41) is 3.29. The molecule has 0 aliphatic carbocycles. The molecule has 15 heavy (non-hydrogen) atoms. The minimum Gasteiger partial charge on any atom is -0.465 e. The van der Waals surface area contributed by atoms with E-state index in [4.69, 9.17) is 0 Å². The molecule has 0 bridgehead atoms. The summed E-state index contributed by atoms with van der Waals surface area (Å²) in [6, 6.07) is 5.53. The van der Waals surface area contributed by atoms with E-state index in [1.807, 2.05) is 19.1 Å². The molecule has 1 rings (SSSR count). The number of anilines is 1. The van der Waals surface area contributed by atoms with Gasteiger partial charge >= 0.3 is 5.97 Å². The summed E-state index contributed by atoms with van der Waals surface area (Å²) in [5.41, 5.74) is 2.73. The number of benzene rings is 1. The van der Waals surface area contributed by atoms with Gasteiger partial charge in [0.15, 0.2) is 0 Å². The number of hydrogen-bond donors (Lipinski definition) is 1. The first kappa shape index (κ1) is 11.6. The molecule has 1 aromatic rings. The van der Waals surface area contributed by atoms with E-state index in [-0.39, 0.29) is 5.97 Å². The highest BCUT2D eigenvalue weighted by atomic mass is 16.5. The second-order valence-corrected chi connectivity index (χ2v) is 3.45. The molecule has 0 unspecified atom stereocenters. The lowest BCUT2D eigenvalue weighted by atomic mass is 10.1. The minimum absolute atomic E-state index is 0.292. The Kier molecular flexibility index (Phi) is 4.16. The smallest absolute Gasteiger partial charge is 0.337 e. The quantitative estimate of drug-likeness (QED) is 0.771. The largest absolute Gasteiger partial charge is 0.465 e. The fourth-order valence-corrected chi connectivity index (χ4v) is 1.37. The number of ether oxygens (including phenoxy) is 1. The predicted octanol–water partition coefficient (Wildman–Crippen LogP) is 2.60. The number of hydrogen-bond acceptors (Lipinski definition) is 3. The summed E-state index contributed by atoms with van der Waals surface area (Å²) >= 11 is 0. The highest BCUT2D eigenvalue weighted by molar-refractivity contribution is 5.90. The third-order valence-electron chi connectivity index (χ3n) is 2.21. The average Bonchev–Trinajstić information content (AvgIpc) is 2.26. The van der Waals surface area contributed by atoms with Crippen LogP contribution in [0.2, 0.25) is 0 Å². The maximum atomic E-state index is 11.2. The van der Waals surface area contributed by atoms with Gasteiger partial charge in [-0.3, -0.25) is 0 Å². The molecule has 0 fully saturated rings. The van der Waals surface area contributed by atoms with Gasteiger partial charge in [0.2, 0.25) is 0 Å². The standard InChI is InChI=1S/C12H17NO2/c1-4-7-13-11-6-5-10(8-9(11)2)12(14)15-3/h5-6,8,13H,4,7H2,1-3H3. The van der Waals surface area contributed by atoms with E-state index < -0.39 is 0 Å². The van der Waals surface area contributed by atoms with Gasteiger partial charge in [0, 0.05) is 12.2 Å². The highest BCUT2D eigenvalue weighted by Gasteiger charge is 2.06. The monoisotopic (exact) mass is 207 g/mol. The molecule has 82 valence electrons. The van der Waals surface area contributed by atoms with Gasteiger partial charge in [0.25, 0.3) is 0 Å². The molecule has 0 aliphatic rings. The van der Waals surface area contributed by atoms with Crippen molar-refractivity contribution < 1.29 is 9.53 Å². The molecule has 0 aromatic heterocycles. The van der Waals surface area contributed by atoms with Crippen LogP contribution in [0, 0.1) is 6.92 Å². The Labute approximate surface area is 90.4 Å². The normalized spacial score (nSPS) is 9.80. The van der Waals surface area contributed by atoms with E-state index in [9.17, 15) is 4.79 Å². The van der Waals surface area contributed by atoms with Gasteiger partial charge in [-0.1, -0.05) is 6.92 Å². The minimum atomic E-state index is -0.292. The van der Waals surface area contributed by atoms with Crippen LogP contribution >= 0.6 is 0 Å². The van der Waals surface area contributed by atoms with E-state index in [2.05, 4.69) is 17.0 Å². The Bertz CT molecular complexity index is 347. The molecule has 3 nitrogen and oxygen atoms in total. The summed E-state index contributed by atoms with van der Waals surface area (Å²) in [6.45, 7) is 5.04. The van der Waals surface area contributed by atoms with Crippen molar-refractivity contribution in [2.75, 3.05) is 19.0 Å². The van der Waals surface area contributed by atoms with Crippen molar-refractivity contribution in [3.05, 3.63) is 29.3 Å². The topological polar surface area (TPSA) is 38.3 Å². The Hall–Kier alpha value is -1.51. The van der Waals surface area contributed by atoms with Gasteiger partial charge < -0.3 is 10.1 Å². The predicted molar refractivity (Wildman–Crippen MR) is 61.3 cm³/mol. The zero-order chi connectivity index (χ0) is 11.3. The highest BCUT2D eigenvalue weighted by Crippen LogP contribution is 2.16. The SMILES string of the molecule is CCCNc1ccc(C(=O)OC)cc1C. The number of rotatable bonds is 4. The summed E-state index contributed by atoms with van der Waals surface area (Å²) in [5.74, 6) is -0.292. The number of esters is 1. The first-order valence-electron chi connectivity index (χ1n) is 5.12. The Morgan fingerprint density at radius 3 is 2.73 bits per heavy atom. The molecule has 0 saturated carbocycles. The molecule has 0 aliphatic heterocycles. The molecule has 0 heterocycles. The van der Waals surface area contributed by atoms with Crippen LogP contribution in [-0.4, -0.2) is 19.6 Å². The molecule has 0 spiro atoms. The van der Waals surface area contributed by atoms with Gasteiger partial charge in [-0.05, 0) is 37.1 Å². The average molecular weight is 207 g/mol. The van der Waals surface area contributed by atoms with Crippen molar-refractivity contribution in [1.29, 1.82) is 0 Å². The molecule has 1 N–H and O–H groups in total. The van der Waals surface area contributed by atoms with Crippen molar-refractivity contribution in [3.8, 4) is 0 Å². The molecular weight excluding hydrogens is 190 g/mol. The summed E-state index contributed by atoms with van der Waals surface area (Å²) < 4.78 is 4.65. The molecule has 0 amide bonds. The Morgan fingerprint density at radius 1 is 1.47 bits per heavy atom. The van der Waals surface area contributed by atoms with Gasteiger partial charge in [-0.2, -0.15) is 0 Å². The van der Waals surface area contributed by atoms with E-state index in [0.29, 0.717) is 5.56 Å². The zero-order valence-electron chi connectivity index (χ0n) is 9.46. The van der Waals surface area contributed by atoms with Crippen molar-refractivity contribution in [1.82, 2.24) is 0 Å². The molecule has 0 radical (unpaired) electrons. The van der Waals surface area contributed by atoms with Gasteiger partial charge in [0.05, 0.1) is 12.7 Å². The second-order valence-electron chi connectivity index (χ2n) is 3.45. The molecule has 3 heteroatoms. The number of aryl methyl sites for hydroxylation is 1. The molecule has 0 atom stereocenters. The fourth-order valence-electron chi connectivity index (χ4n) is 1.37. The van der Waals surface area contributed by atoms with Crippen LogP contribution in [0.1, 0.15) is 29.3 Å². The Balaban J connectivity index is 2.83. The van der Waals surface area contributed by atoms with E-state index >= 15 is 0 Å². The van der Waals surface area contributed by atoms with Crippen molar-refractivity contribution in [2.45, 2.75) is 20.3 Å². The number of methoxy groups -OCH3 is 1. The maximum Gasteiger partial charge on any atom is 0.337 e. The van der Waals surface area contributed by atoms with E-state index in [1.165, 1.54) is 7.11 Å². The van der Waals surface area contributed by atoms with Crippen LogP contribution in [0.5, 0.6) is 0 Å². The zero-order valence-corrected chi connectivity index (χ0v) is 9.46. The summed E-state index contributed by atoms with van der Waals surface area (Å²) in [7, 11) is 1.39. The Morgan fingerprint density at radius 2 is 2.20 bits per heavy atom. The van der Waals surface area contributed by atoms with Crippen molar-refractivity contribution >= 4 is 11.7 Å². The van der Waals surface area contributed by atoms with Gasteiger partial charge in [-0.15, -0.1) is 0 Å². The van der Waals surface area contributed by atoms with Crippen LogP contribution in [0.15, 0.2) is 18.2 Å². The first-order valence-corrected chi connectivity index (χ1v) is 5.12. The van der Waals surface area contributed by atoms with Crippen LogP contribution in [0.4, 0.5) is 5.69 Å². The van der Waals surface area contributed by atoms with Crippen molar-refractivity contribution in [3.63, 3.8) is 0 Å². The first-order chi connectivity index (χ1) is 7.19. The molecular formula is C12H17NO2. The lowest BCUT2D eigenvalue weighted by molar-refractivity contribution is 0.0600. The van der Waals surface area contributed by atoms with Crippen LogP contribution in [0.3, 0.4) is 0 Å². The molecule has 1 aromatic carbocycles. The number of nitrogens with one attached hydrogen (secondary N) is 1. The number of carbonyl (C=O) groups excluding carboxylic acids is 1. The number of carbonyl (C=O) groups is 1. The third kappa shape index (κ3) is 2.98. The maximum absolute atomic E-state index is 11.2. The van der Waals surface area contributed by atoms with E-state index in [0.717, 1.165) is 24.2 Å². The van der Waals surface area contributed by atoms with Crippen molar-refractivity contribution in [2.24, 2.45) is 0 Å². The van der Waals surface area contributed by atoms with Gasteiger partial charge in [-0.25, -0.2) is 4.79 Å².